The molecule has 0 spiro atoms. The standard InChI is InChI=1S/C8H12/c1-6-2-3-7-4-5-8(6)7/h2-3,6-8H,4-5H2,1H3/t6-,7-,8-/m1/s1. The van der Waals surface area contributed by atoms with Crippen molar-refractivity contribution in [3.05, 3.63) is 12.2 Å². The average Bonchev–Trinajstić information content (AvgIpc) is 1.80. The Balaban J connectivity index is 2.14. The van der Waals surface area contributed by atoms with Crippen LogP contribution in [0, 0.1) is 17.8 Å². The van der Waals surface area contributed by atoms with Crippen molar-refractivity contribution in [2.75, 3.05) is 0 Å². The van der Waals surface area contributed by atoms with E-state index in [-0.39, 0.29) is 0 Å². The van der Waals surface area contributed by atoms with E-state index in [0.29, 0.717) is 0 Å². The van der Waals surface area contributed by atoms with Gasteiger partial charge in [-0.2, -0.15) is 0 Å². The van der Waals surface area contributed by atoms with Crippen molar-refractivity contribution in [2.24, 2.45) is 17.8 Å². The van der Waals surface area contributed by atoms with Crippen LogP contribution in [0.15, 0.2) is 12.2 Å². The molecule has 0 aliphatic heterocycles. The molecule has 0 amide bonds. The van der Waals surface area contributed by atoms with Crippen molar-refractivity contribution >= 4 is 0 Å². The van der Waals surface area contributed by atoms with E-state index in [2.05, 4.69) is 19.1 Å². The topological polar surface area (TPSA) is 0 Å². The van der Waals surface area contributed by atoms with Crippen LogP contribution < -0.4 is 0 Å². The van der Waals surface area contributed by atoms with Gasteiger partial charge in [-0.05, 0) is 30.6 Å². The van der Waals surface area contributed by atoms with E-state index in [0.717, 1.165) is 17.8 Å². The minimum atomic E-state index is 0.897. The molecule has 0 aromatic carbocycles. The molecule has 0 aromatic rings. The summed E-state index contributed by atoms with van der Waals surface area (Å²) in [4.78, 5) is 0. The number of hydrogen-bond acceptors (Lipinski definition) is 0. The molecule has 0 aromatic heterocycles. The second-order valence-electron chi connectivity index (χ2n) is 3.15. The summed E-state index contributed by atoms with van der Waals surface area (Å²) in [5.41, 5.74) is 0. The predicted molar refractivity (Wildman–Crippen MR) is 34.5 cm³/mol. The molecule has 0 unspecified atom stereocenters. The first-order valence-corrected chi connectivity index (χ1v) is 3.56. The Labute approximate surface area is 50.6 Å². The van der Waals surface area contributed by atoms with E-state index in [4.69, 9.17) is 0 Å². The average molecular weight is 108 g/mol. The van der Waals surface area contributed by atoms with Crippen LogP contribution in [0.25, 0.3) is 0 Å². The van der Waals surface area contributed by atoms with E-state index in [1.807, 2.05) is 0 Å². The van der Waals surface area contributed by atoms with Gasteiger partial charge in [0.15, 0.2) is 0 Å². The van der Waals surface area contributed by atoms with E-state index in [1.54, 1.807) is 0 Å². The van der Waals surface area contributed by atoms with Crippen LogP contribution in [-0.4, -0.2) is 0 Å². The molecule has 44 valence electrons. The fourth-order valence-corrected chi connectivity index (χ4v) is 1.90. The maximum Gasteiger partial charge on any atom is -0.0199 e. The van der Waals surface area contributed by atoms with Crippen molar-refractivity contribution in [3.8, 4) is 0 Å². The van der Waals surface area contributed by atoms with Gasteiger partial charge < -0.3 is 0 Å². The smallest absolute Gasteiger partial charge is 0.0199 e. The molecule has 2 aliphatic rings. The van der Waals surface area contributed by atoms with Crippen molar-refractivity contribution in [3.63, 3.8) is 0 Å². The Morgan fingerprint density at radius 3 is 2.38 bits per heavy atom. The fraction of sp³-hybridized carbons (Fsp3) is 0.750. The molecule has 2 rings (SSSR count). The van der Waals surface area contributed by atoms with E-state index in [9.17, 15) is 0 Å². The lowest BCUT2D eigenvalue weighted by molar-refractivity contribution is 0.202. The zero-order valence-electron chi connectivity index (χ0n) is 5.30. The van der Waals surface area contributed by atoms with Gasteiger partial charge in [-0.25, -0.2) is 0 Å². The van der Waals surface area contributed by atoms with Crippen molar-refractivity contribution in [2.45, 2.75) is 19.8 Å². The minimum Gasteiger partial charge on any atom is -0.0851 e. The summed E-state index contributed by atoms with van der Waals surface area (Å²) in [5, 5.41) is 0. The molecule has 0 bridgehead atoms. The van der Waals surface area contributed by atoms with Gasteiger partial charge in [-0.3, -0.25) is 0 Å². The van der Waals surface area contributed by atoms with Crippen LogP contribution in [0.2, 0.25) is 0 Å². The minimum absolute atomic E-state index is 0.897. The highest BCUT2D eigenvalue weighted by molar-refractivity contribution is 5.09. The summed E-state index contributed by atoms with van der Waals surface area (Å²) in [5.74, 6) is 2.94. The van der Waals surface area contributed by atoms with Crippen LogP contribution in [0.1, 0.15) is 19.8 Å². The third-order valence-electron chi connectivity index (χ3n) is 2.72. The highest BCUT2D eigenvalue weighted by Crippen LogP contribution is 2.45. The highest BCUT2D eigenvalue weighted by atomic mass is 14.4. The number of hydrogen-bond donors (Lipinski definition) is 0. The monoisotopic (exact) mass is 108 g/mol. The summed E-state index contributed by atoms with van der Waals surface area (Å²) in [6, 6.07) is 0. The highest BCUT2D eigenvalue weighted by Gasteiger charge is 2.35. The molecule has 0 heteroatoms. The molecule has 0 radical (unpaired) electrons. The zero-order chi connectivity index (χ0) is 5.56. The Morgan fingerprint density at radius 2 is 2.12 bits per heavy atom. The first-order valence-electron chi connectivity index (χ1n) is 3.56. The SMILES string of the molecule is C[C@@H]1C=C[C@@H]2CC[C@H]12. The van der Waals surface area contributed by atoms with Gasteiger partial charge in [-0.15, -0.1) is 0 Å². The molecule has 2 aliphatic carbocycles. The molecule has 1 saturated carbocycles. The Kier molecular flexibility index (Phi) is 0.787. The van der Waals surface area contributed by atoms with Crippen molar-refractivity contribution in [1.29, 1.82) is 0 Å². The molecular formula is C8H12. The van der Waals surface area contributed by atoms with Gasteiger partial charge in [0.1, 0.15) is 0 Å². The Hall–Kier alpha value is -0.260. The van der Waals surface area contributed by atoms with Crippen LogP contribution >= 0.6 is 0 Å². The summed E-state index contributed by atoms with van der Waals surface area (Å²) in [6.45, 7) is 2.33. The first kappa shape index (κ1) is 4.60. The van der Waals surface area contributed by atoms with Crippen LogP contribution in [-0.2, 0) is 0 Å². The lowest BCUT2D eigenvalue weighted by atomic mass is 9.72. The fourth-order valence-electron chi connectivity index (χ4n) is 1.90. The summed E-state index contributed by atoms with van der Waals surface area (Å²) in [6.07, 6.45) is 7.73. The summed E-state index contributed by atoms with van der Waals surface area (Å²) >= 11 is 0. The summed E-state index contributed by atoms with van der Waals surface area (Å²) in [7, 11) is 0. The van der Waals surface area contributed by atoms with Crippen molar-refractivity contribution < 1.29 is 0 Å². The normalized spacial score (nSPS) is 50.9. The maximum atomic E-state index is 2.40. The predicted octanol–water partition coefficient (Wildman–Crippen LogP) is 2.22. The lowest BCUT2D eigenvalue weighted by Crippen LogP contribution is -2.24. The van der Waals surface area contributed by atoms with Gasteiger partial charge in [0.05, 0.1) is 0 Å². The summed E-state index contributed by atoms with van der Waals surface area (Å²) < 4.78 is 0. The molecule has 1 fully saturated rings. The molecule has 3 atom stereocenters. The molecule has 8 heavy (non-hydrogen) atoms. The Morgan fingerprint density at radius 1 is 1.25 bits per heavy atom. The van der Waals surface area contributed by atoms with Crippen LogP contribution in [0.5, 0.6) is 0 Å². The second-order valence-corrected chi connectivity index (χ2v) is 3.15. The maximum absolute atomic E-state index is 2.40. The lowest BCUT2D eigenvalue weighted by Gasteiger charge is -2.32. The van der Waals surface area contributed by atoms with E-state index < -0.39 is 0 Å². The zero-order valence-corrected chi connectivity index (χ0v) is 5.30. The third kappa shape index (κ3) is 0.410. The van der Waals surface area contributed by atoms with Crippen LogP contribution in [0.4, 0.5) is 0 Å². The largest absolute Gasteiger partial charge is 0.0851 e. The number of fused-ring (bicyclic) bond motifs is 1. The molecule has 0 heterocycles. The van der Waals surface area contributed by atoms with E-state index in [1.165, 1.54) is 12.8 Å². The third-order valence-corrected chi connectivity index (χ3v) is 2.72. The quantitative estimate of drug-likeness (QED) is 0.417. The van der Waals surface area contributed by atoms with Gasteiger partial charge in [0.2, 0.25) is 0 Å². The molecule has 0 N–H and O–H groups in total. The number of rotatable bonds is 0. The van der Waals surface area contributed by atoms with Crippen molar-refractivity contribution in [1.82, 2.24) is 0 Å². The van der Waals surface area contributed by atoms with Gasteiger partial charge in [0.25, 0.3) is 0 Å². The Bertz CT molecular complexity index is 116. The van der Waals surface area contributed by atoms with Crippen LogP contribution in [0.3, 0.4) is 0 Å². The second kappa shape index (κ2) is 1.37. The van der Waals surface area contributed by atoms with Gasteiger partial charge in [-0.1, -0.05) is 19.1 Å². The molecular weight excluding hydrogens is 96.1 g/mol. The molecule has 0 saturated heterocycles. The van der Waals surface area contributed by atoms with Gasteiger partial charge >= 0.3 is 0 Å². The molecule has 0 nitrogen and oxygen atoms in total. The first-order chi connectivity index (χ1) is 3.88. The van der Waals surface area contributed by atoms with E-state index >= 15 is 0 Å². The number of allylic oxidation sites excluding steroid dienone is 2. The van der Waals surface area contributed by atoms with Gasteiger partial charge in [0, 0.05) is 0 Å².